The van der Waals surface area contributed by atoms with Gasteiger partial charge in [0.05, 0.1) is 18.3 Å². The molecule has 21 heavy (non-hydrogen) atoms. The maximum atomic E-state index is 12.1. The lowest BCUT2D eigenvalue weighted by atomic mass is 9.80. The third kappa shape index (κ3) is 2.78. The molecule has 1 saturated carbocycles. The van der Waals surface area contributed by atoms with Gasteiger partial charge in [-0.25, -0.2) is 0 Å². The summed E-state index contributed by atoms with van der Waals surface area (Å²) < 4.78 is 11.0. The second-order valence-corrected chi connectivity index (χ2v) is 7.26. The smallest absolute Gasteiger partial charge is 0.310 e. The second kappa shape index (κ2) is 5.91. The van der Waals surface area contributed by atoms with E-state index in [4.69, 9.17) is 9.47 Å². The van der Waals surface area contributed by atoms with E-state index in [0.29, 0.717) is 0 Å². The highest BCUT2D eigenvalue weighted by Crippen LogP contribution is 2.49. The molecule has 1 aliphatic heterocycles. The molecule has 1 aromatic carbocycles. The van der Waals surface area contributed by atoms with Crippen molar-refractivity contribution >= 4 is 17.7 Å². The number of benzene rings is 1. The van der Waals surface area contributed by atoms with Crippen LogP contribution in [0.4, 0.5) is 0 Å². The van der Waals surface area contributed by atoms with Gasteiger partial charge >= 0.3 is 5.97 Å². The lowest BCUT2D eigenvalue weighted by Crippen LogP contribution is -2.40. The van der Waals surface area contributed by atoms with Crippen LogP contribution in [0.15, 0.2) is 29.2 Å². The minimum atomic E-state index is -0.237. The van der Waals surface area contributed by atoms with E-state index in [0.717, 1.165) is 18.6 Å². The van der Waals surface area contributed by atoms with Crippen LogP contribution in [0, 0.1) is 5.92 Å². The topological polar surface area (TPSA) is 35.5 Å². The summed E-state index contributed by atoms with van der Waals surface area (Å²) in [4.78, 5) is 13.3. The van der Waals surface area contributed by atoms with Crippen molar-refractivity contribution in [2.45, 2.75) is 54.8 Å². The summed E-state index contributed by atoms with van der Waals surface area (Å²) in [6.45, 7) is 2.01. The van der Waals surface area contributed by atoms with Crippen molar-refractivity contribution < 1.29 is 14.3 Å². The number of ether oxygens (including phenoxy) is 2. The average Bonchev–Trinajstić information content (AvgIpc) is 2.73. The molecule has 4 heteroatoms. The zero-order valence-electron chi connectivity index (χ0n) is 12.6. The standard InChI is InChI=1S/C17H22O3S/c1-12-15(21-14-8-6-13(19-2)7-9-14)17(20-16(12)18)10-4-3-5-11-17/h6-9,12,15H,3-5,10-11H2,1-2H3/t12-,15+/m0/s1. The van der Waals surface area contributed by atoms with E-state index in [-0.39, 0.29) is 22.7 Å². The Morgan fingerprint density at radius 2 is 1.86 bits per heavy atom. The number of esters is 1. The molecule has 1 aliphatic carbocycles. The van der Waals surface area contributed by atoms with Crippen molar-refractivity contribution in [2.24, 2.45) is 5.92 Å². The Hall–Kier alpha value is -1.16. The van der Waals surface area contributed by atoms with Gasteiger partial charge < -0.3 is 9.47 Å². The molecule has 114 valence electrons. The van der Waals surface area contributed by atoms with Crippen molar-refractivity contribution in [1.29, 1.82) is 0 Å². The highest BCUT2D eigenvalue weighted by atomic mass is 32.2. The van der Waals surface area contributed by atoms with Crippen LogP contribution in [-0.4, -0.2) is 23.9 Å². The number of hydrogen-bond donors (Lipinski definition) is 0. The number of thioether (sulfide) groups is 1. The molecule has 3 nitrogen and oxygen atoms in total. The lowest BCUT2D eigenvalue weighted by Gasteiger charge is -2.37. The minimum absolute atomic E-state index is 0.0251. The summed E-state index contributed by atoms with van der Waals surface area (Å²) in [5.41, 5.74) is -0.237. The molecule has 1 spiro atoms. The SMILES string of the molecule is COc1ccc(S[C@@H]2[C@H](C)C(=O)OC23CCCCC3)cc1. The zero-order chi connectivity index (χ0) is 14.9. The van der Waals surface area contributed by atoms with Crippen LogP contribution >= 0.6 is 11.8 Å². The molecular weight excluding hydrogens is 284 g/mol. The molecule has 0 bridgehead atoms. The maximum absolute atomic E-state index is 12.1. The molecule has 0 N–H and O–H groups in total. The fourth-order valence-corrected chi connectivity index (χ4v) is 4.88. The van der Waals surface area contributed by atoms with Gasteiger partial charge in [0.1, 0.15) is 11.4 Å². The highest BCUT2D eigenvalue weighted by molar-refractivity contribution is 8.00. The molecule has 0 unspecified atom stereocenters. The molecular formula is C17H22O3S. The van der Waals surface area contributed by atoms with E-state index in [1.165, 1.54) is 24.2 Å². The molecule has 1 saturated heterocycles. The molecule has 0 aromatic heterocycles. The van der Waals surface area contributed by atoms with Crippen LogP contribution in [0.1, 0.15) is 39.0 Å². The average molecular weight is 306 g/mol. The van der Waals surface area contributed by atoms with Gasteiger partial charge in [-0.05, 0) is 49.9 Å². The minimum Gasteiger partial charge on any atom is -0.497 e. The summed E-state index contributed by atoms with van der Waals surface area (Å²) in [6.07, 6.45) is 5.61. The van der Waals surface area contributed by atoms with Crippen molar-refractivity contribution in [3.63, 3.8) is 0 Å². The lowest BCUT2D eigenvalue weighted by molar-refractivity contribution is -0.152. The Morgan fingerprint density at radius 3 is 2.48 bits per heavy atom. The van der Waals surface area contributed by atoms with E-state index < -0.39 is 0 Å². The number of carbonyl (C=O) groups excluding carboxylic acids is 1. The Labute approximate surface area is 130 Å². The molecule has 2 fully saturated rings. The largest absolute Gasteiger partial charge is 0.497 e. The van der Waals surface area contributed by atoms with Crippen LogP contribution in [0.2, 0.25) is 0 Å². The van der Waals surface area contributed by atoms with E-state index in [9.17, 15) is 4.79 Å². The van der Waals surface area contributed by atoms with Crippen LogP contribution in [-0.2, 0) is 9.53 Å². The third-order valence-corrected chi connectivity index (χ3v) is 6.31. The van der Waals surface area contributed by atoms with Gasteiger partial charge in [0.25, 0.3) is 0 Å². The number of carbonyl (C=O) groups is 1. The first-order valence-electron chi connectivity index (χ1n) is 7.68. The summed E-state index contributed by atoms with van der Waals surface area (Å²) >= 11 is 1.79. The second-order valence-electron chi connectivity index (χ2n) is 6.05. The molecule has 0 amide bonds. The fourth-order valence-electron chi connectivity index (χ4n) is 3.48. The Balaban J connectivity index is 1.81. The van der Waals surface area contributed by atoms with Crippen molar-refractivity contribution in [3.8, 4) is 5.75 Å². The van der Waals surface area contributed by atoms with E-state index >= 15 is 0 Å². The third-order valence-electron chi connectivity index (χ3n) is 4.67. The van der Waals surface area contributed by atoms with Gasteiger partial charge in [0.15, 0.2) is 0 Å². The first-order chi connectivity index (χ1) is 10.1. The fraction of sp³-hybridized carbons (Fsp3) is 0.588. The predicted octanol–water partition coefficient (Wildman–Crippen LogP) is 4.05. The van der Waals surface area contributed by atoms with Crippen LogP contribution < -0.4 is 4.74 Å². The van der Waals surface area contributed by atoms with Gasteiger partial charge in [-0.2, -0.15) is 0 Å². The quantitative estimate of drug-likeness (QED) is 0.789. The normalized spacial score (nSPS) is 27.6. The molecule has 2 aliphatic rings. The summed E-state index contributed by atoms with van der Waals surface area (Å²) in [5, 5.41) is 0.221. The van der Waals surface area contributed by atoms with Crippen molar-refractivity contribution in [1.82, 2.24) is 0 Å². The Morgan fingerprint density at radius 1 is 1.19 bits per heavy atom. The van der Waals surface area contributed by atoms with Crippen LogP contribution in [0.25, 0.3) is 0 Å². The predicted molar refractivity (Wildman–Crippen MR) is 83.7 cm³/mol. The summed E-state index contributed by atoms with van der Waals surface area (Å²) in [6, 6.07) is 8.07. The molecule has 3 rings (SSSR count). The van der Waals surface area contributed by atoms with E-state index in [1.807, 2.05) is 19.1 Å². The molecule has 1 heterocycles. The van der Waals surface area contributed by atoms with E-state index in [1.54, 1.807) is 18.9 Å². The Bertz CT molecular complexity index is 505. The number of rotatable bonds is 3. The highest BCUT2D eigenvalue weighted by Gasteiger charge is 2.54. The first-order valence-corrected chi connectivity index (χ1v) is 8.56. The van der Waals surface area contributed by atoms with E-state index in [2.05, 4.69) is 12.1 Å². The molecule has 0 radical (unpaired) electrons. The summed E-state index contributed by atoms with van der Waals surface area (Å²) in [7, 11) is 1.67. The van der Waals surface area contributed by atoms with Crippen molar-refractivity contribution in [2.75, 3.05) is 7.11 Å². The van der Waals surface area contributed by atoms with Crippen molar-refractivity contribution in [3.05, 3.63) is 24.3 Å². The van der Waals surface area contributed by atoms with Gasteiger partial charge in [-0.15, -0.1) is 11.8 Å². The first kappa shape index (κ1) is 14.8. The monoisotopic (exact) mass is 306 g/mol. The van der Waals surface area contributed by atoms with Crippen LogP contribution in [0.3, 0.4) is 0 Å². The number of methoxy groups -OCH3 is 1. The number of hydrogen-bond acceptors (Lipinski definition) is 4. The Kier molecular flexibility index (Phi) is 4.16. The van der Waals surface area contributed by atoms with Crippen LogP contribution in [0.5, 0.6) is 5.75 Å². The van der Waals surface area contributed by atoms with Gasteiger partial charge in [0.2, 0.25) is 0 Å². The zero-order valence-corrected chi connectivity index (χ0v) is 13.4. The summed E-state index contributed by atoms with van der Waals surface area (Å²) in [5.74, 6) is 0.802. The maximum Gasteiger partial charge on any atom is 0.310 e. The molecule has 2 atom stereocenters. The van der Waals surface area contributed by atoms with Gasteiger partial charge in [-0.3, -0.25) is 4.79 Å². The molecule has 1 aromatic rings. The van der Waals surface area contributed by atoms with Gasteiger partial charge in [-0.1, -0.05) is 13.3 Å². The van der Waals surface area contributed by atoms with Gasteiger partial charge in [0, 0.05) is 4.90 Å².